The maximum absolute atomic E-state index is 12.8. The first-order chi connectivity index (χ1) is 12.0. The Morgan fingerprint density at radius 2 is 1.84 bits per heavy atom. The van der Waals surface area contributed by atoms with Crippen molar-refractivity contribution in [2.75, 3.05) is 18.1 Å². The van der Waals surface area contributed by atoms with E-state index < -0.39 is 5.60 Å². The first-order valence-corrected chi connectivity index (χ1v) is 8.77. The van der Waals surface area contributed by atoms with Crippen LogP contribution in [-0.2, 0) is 4.79 Å². The quantitative estimate of drug-likeness (QED) is 0.734. The van der Waals surface area contributed by atoms with E-state index in [1.807, 2.05) is 74.2 Å². The van der Waals surface area contributed by atoms with Crippen molar-refractivity contribution in [1.82, 2.24) is 0 Å². The number of nitrogens with zero attached hydrogens (tertiary/aromatic N) is 1. The van der Waals surface area contributed by atoms with Gasteiger partial charge in [0.25, 0.3) is 5.91 Å². The molecule has 0 unspecified atom stereocenters. The highest BCUT2D eigenvalue weighted by Crippen LogP contribution is 2.38. The minimum Gasteiger partial charge on any atom is -0.494 e. The molecule has 2 aromatic carbocycles. The van der Waals surface area contributed by atoms with Gasteiger partial charge in [0.1, 0.15) is 11.5 Å². The van der Waals surface area contributed by atoms with Crippen molar-refractivity contribution in [2.24, 2.45) is 0 Å². The van der Waals surface area contributed by atoms with Crippen molar-refractivity contribution in [2.45, 2.75) is 39.2 Å². The molecule has 2 aromatic rings. The monoisotopic (exact) mass is 339 g/mol. The summed E-state index contributed by atoms with van der Waals surface area (Å²) in [6.07, 6.45) is 1.77. The average Bonchev–Trinajstić information content (AvgIpc) is 2.59. The Morgan fingerprint density at radius 1 is 1.08 bits per heavy atom. The highest BCUT2D eigenvalue weighted by Gasteiger charge is 2.40. The molecule has 1 heterocycles. The van der Waals surface area contributed by atoms with E-state index in [9.17, 15) is 4.79 Å². The lowest BCUT2D eigenvalue weighted by molar-refractivity contribution is -0.132. The summed E-state index contributed by atoms with van der Waals surface area (Å²) in [5.41, 5.74) is 1.16. The van der Waals surface area contributed by atoms with Crippen LogP contribution in [0.1, 0.15) is 32.3 Å². The molecule has 0 spiro atoms. The highest BCUT2D eigenvalue weighted by atomic mass is 16.5. The smallest absolute Gasteiger partial charge is 0.270 e. The fourth-order valence-corrected chi connectivity index (χ4v) is 2.98. The summed E-state index contributed by atoms with van der Waals surface area (Å²) in [6.45, 7) is 6.98. The Kier molecular flexibility index (Phi) is 4.98. The summed E-state index contributed by atoms with van der Waals surface area (Å²) >= 11 is 0. The lowest BCUT2D eigenvalue weighted by Gasteiger charge is -2.39. The lowest BCUT2D eigenvalue weighted by atomic mass is 10.0. The second kappa shape index (κ2) is 7.18. The number of hydrogen-bond acceptors (Lipinski definition) is 3. The van der Waals surface area contributed by atoms with Crippen molar-refractivity contribution in [3.05, 3.63) is 54.1 Å². The third kappa shape index (κ3) is 3.95. The van der Waals surface area contributed by atoms with Crippen LogP contribution in [-0.4, -0.2) is 24.7 Å². The third-order valence-electron chi connectivity index (χ3n) is 4.32. The first-order valence-electron chi connectivity index (χ1n) is 8.77. The zero-order valence-electron chi connectivity index (χ0n) is 15.1. The molecule has 0 fully saturated rings. The molecule has 4 heteroatoms. The average molecular weight is 339 g/mol. The van der Waals surface area contributed by atoms with Crippen LogP contribution in [0.2, 0.25) is 0 Å². The molecule has 0 N–H and O–H groups in total. The fourth-order valence-electron chi connectivity index (χ4n) is 2.98. The van der Waals surface area contributed by atoms with Crippen molar-refractivity contribution in [3.63, 3.8) is 0 Å². The SMILES string of the molecule is Cc1ccc2c(c1)N(CCCCOc1ccccc1)C(=O)C(C)(C)O2. The minimum atomic E-state index is -0.831. The van der Waals surface area contributed by atoms with Gasteiger partial charge in [-0.25, -0.2) is 0 Å². The van der Waals surface area contributed by atoms with Crippen molar-refractivity contribution in [3.8, 4) is 11.5 Å². The second-order valence-corrected chi connectivity index (χ2v) is 6.91. The van der Waals surface area contributed by atoms with Gasteiger partial charge < -0.3 is 14.4 Å². The Labute approximate surface area is 149 Å². The molecule has 0 saturated carbocycles. The van der Waals surface area contributed by atoms with Gasteiger partial charge in [0.15, 0.2) is 5.60 Å². The van der Waals surface area contributed by atoms with Crippen LogP contribution >= 0.6 is 0 Å². The number of fused-ring (bicyclic) bond motifs is 1. The van der Waals surface area contributed by atoms with Crippen LogP contribution in [0.4, 0.5) is 5.69 Å². The van der Waals surface area contributed by atoms with Gasteiger partial charge in [-0.2, -0.15) is 0 Å². The van der Waals surface area contributed by atoms with E-state index in [-0.39, 0.29) is 5.91 Å². The molecule has 0 radical (unpaired) electrons. The number of ether oxygens (including phenoxy) is 2. The van der Waals surface area contributed by atoms with Crippen LogP contribution in [0.25, 0.3) is 0 Å². The Morgan fingerprint density at radius 3 is 2.60 bits per heavy atom. The van der Waals surface area contributed by atoms with Crippen LogP contribution in [0.15, 0.2) is 48.5 Å². The number of aryl methyl sites for hydroxylation is 1. The molecule has 25 heavy (non-hydrogen) atoms. The number of anilines is 1. The maximum atomic E-state index is 12.8. The van der Waals surface area contributed by atoms with Gasteiger partial charge in [-0.15, -0.1) is 0 Å². The van der Waals surface area contributed by atoms with Crippen molar-refractivity contribution >= 4 is 11.6 Å². The van der Waals surface area contributed by atoms with Gasteiger partial charge in [-0.1, -0.05) is 24.3 Å². The van der Waals surface area contributed by atoms with Gasteiger partial charge in [0.2, 0.25) is 0 Å². The van der Waals surface area contributed by atoms with Gasteiger partial charge in [0.05, 0.1) is 12.3 Å². The van der Waals surface area contributed by atoms with E-state index >= 15 is 0 Å². The Balaban J connectivity index is 1.61. The molecule has 1 amide bonds. The number of hydrogen-bond donors (Lipinski definition) is 0. The first kappa shape index (κ1) is 17.3. The van der Waals surface area contributed by atoms with Gasteiger partial charge >= 0.3 is 0 Å². The number of rotatable bonds is 6. The largest absolute Gasteiger partial charge is 0.494 e. The van der Waals surface area contributed by atoms with E-state index in [0.29, 0.717) is 13.2 Å². The summed E-state index contributed by atoms with van der Waals surface area (Å²) in [5.74, 6) is 1.66. The van der Waals surface area contributed by atoms with Gasteiger partial charge in [-0.3, -0.25) is 4.79 Å². The molecule has 0 saturated heterocycles. The predicted octanol–water partition coefficient (Wildman–Crippen LogP) is 4.36. The minimum absolute atomic E-state index is 0.00887. The third-order valence-corrected chi connectivity index (χ3v) is 4.32. The summed E-state index contributed by atoms with van der Waals surface area (Å²) in [4.78, 5) is 14.6. The molecule has 1 aliphatic heterocycles. The molecule has 0 aromatic heterocycles. The van der Waals surface area contributed by atoms with Crippen LogP contribution in [0, 0.1) is 6.92 Å². The van der Waals surface area contributed by atoms with Gasteiger partial charge in [-0.05, 0) is 63.4 Å². The summed E-state index contributed by atoms with van der Waals surface area (Å²) < 4.78 is 11.6. The van der Waals surface area contributed by atoms with Crippen LogP contribution in [0.5, 0.6) is 11.5 Å². The van der Waals surface area contributed by atoms with Crippen molar-refractivity contribution < 1.29 is 14.3 Å². The molecule has 0 atom stereocenters. The molecule has 4 nitrogen and oxygen atoms in total. The van der Waals surface area contributed by atoms with Gasteiger partial charge in [0, 0.05) is 6.54 Å². The van der Waals surface area contributed by atoms with E-state index in [1.54, 1.807) is 0 Å². The molecule has 0 aliphatic carbocycles. The maximum Gasteiger partial charge on any atom is 0.270 e. The molecule has 132 valence electrons. The van der Waals surface area contributed by atoms with E-state index in [1.165, 1.54) is 0 Å². The van der Waals surface area contributed by atoms with Crippen LogP contribution < -0.4 is 14.4 Å². The molecule has 3 rings (SSSR count). The molecular formula is C21H25NO3. The standard InChI is InChI=1S/C21H25NO3/c1-16-11-12-19-18(15-16)22(20(23)21(2,3)25-19)13-7-8-14-24-17-9-5-4-6-10-17/h4-6,9-12,15H,7-8,13-14H2,1-3H3. The summed E-state index contributed by atoms with van der Waals surface area (Å²) in [7, 11) is 0. The Bertz CT molecular complexity index is 740. The predicted molar refractivity (Wildman–Crippen MR) is 99.4 cm³/mol. The van der Waals surface area contributed by atoms with E-state index in [4.69, 9.17) is 9.47 Å². The number of unbranched alkanes of at least 4 members (excludes halogenated alkanes) is 1. The number of carbonyl (C=O) groups is 1. The lowest BCUT2D eigenvalue weighted by Crippen LogP contribution is -2.52. The Hall–Kier alpha value is -2.49. The number of carbonyl (C=O) groups excluding carboxylic acids is 1. The normalized spacial score (nSPS) is 15.5. The van der Waals surface area contributed by atoms with Crippen LogP contribution in [0.3, 0.4) is 0 Å². The number of benzene rings is 2. The zero-order chi connectivity index (χ0) is 17.9. The highest BCUT2D eigenvalue weighted by molar-refractivity contribution is 6.02. The van der Waals surface area contributed by atoms with Crippen molar-refractivity contribution in [1.29, 1.82) is 0 Å². The van der Waals surface area contributed by atoms with E-state index in [0.717, 1.165) is 35.6 Å². The second-order valence-electron chi connectivity index (χ2n) is 6.91. The number of para-hydroxylation sites is 1. The molecule has 1 aliphatic rings. The summed E-state index contributed by atoms with van der Waals surface area (Å²) in [5, 5.41) is 0. The molecular weight excluding hydrogens is 314 g/mol. The fraction of sp³-hybridized carbons (Fsp3) is 0.381. The number of amides is 1. The topological polar surface area (TPSA) is 38.8 Å². The van der Waals surface area contributed by atoms with E-state index in [2.05, 4.69) is 0 Å². The summed E-state index contributed by atoms with van der Waals surface area (Å²) in [6, 6.07) is 15.8. The zero-order valence-corrected chi connectivity index (χ0v) is 15.1. The molecule has 0 bridgehead atoms.